The minimum absolute atomic E-state index is 0.576. The van der Waals surface area contributed by atoms with Gasteiger partial charge in [0.15, 0.2) is 5.69 Å². The lowest BCUT2D eigenvalue weighted by molar-refractivity contribution is 1.44. The number of nitrogens with one attached hydrogen (secondary N) is 1. The molecule has 0 amide bonds. The van der Waals surface area contributed by atoms with E-state index < -0.39 is 0 Å². The summed E-state index contributed by atoms with van der Waals surface area (Å²) < 4.78 is 0. The first kappa shape index (κ1) is 7.39. The SMILES string of the molecule is [C-]#[N+]c1ccc(C#N)c2[nH]ccc12. The van der Waals surface area contributed by atoms with Gasteiger partial charge in [-0.1, -0.05) is 12.1 Å². The van der Waals surface area contributed by atoms with E-state index in [0.29, 0.717) is 11.3 Å². The van der Waals surface area contributed by atoms with E-state index in [4.69, 9.17) is 11.8 Å². The van der Waals surface area contributed by atoms with Gasteiger partial charge in [0.25, 0.3) is 0 Å². The van der Waals surface area contributed by atoms with Crippen molar-refractivity contribution in [1.82, 2.24) is 4.98 Å². The lowest BCUT2D eigenvalue weighted by Gasteiger charge is -1.94. The summed E-state index contributed by atoms with van der Waals surface area (Å²) >= 11 is 0. The third-order valence-corrected chi connectivity index (χ3v) is 1.94. The van der Waals surface area contributed by atoms with Gasteiger partial charge in [-0.3, -0.25) is 0 Å². The van der Waals surface area contributed by atoms with E-state index in [9.17, 15) is 0 Å². The van der Waals surface area contributed by atoms with Gasteiger partial charge in [0, 0.05) is 11.6 Å². The Morgan fingerprint density at radius 2 is 2.23 bits per heavy atom. The summed E-state index contributed by atoms with van der Waals surface area (Å²) in [6.45, 7) is 6.92. The van der Waals surface area contributed by atoms with Crippen LogP contribution in [0.4, 0.5) is 5.69 Å². The highest BCUT2D eigenvalue weighted by Crippen LogP contribution is 2.27. The molecule has 1 N–H and O–H groups in total. The first-order valence-corrected chi connectivity index (χ1v) is 3.74. The predicted octanol–water partition coefficient (Wildman–Crippen LogP) is 2.59. The van der Waals surface area contributed by atoms with Crippen LogP contribution in [-0.2, 0) is 0 Å². The lowest BCUT2D eigenvalue weighted by Crippen LogP contribution is -1.76. The van der Waals surface area contributed by atoms with E-state index in [2.05, 4.69) is 15.9 Å². The van der Waals surface area contributed by atoms with Crippen LogP contribution in [0.2, 0.25) is 0 Å². The molecular weight excluding hydrogens is 162 g/mol. The van der Waals surface area contributed by atoms with Crippen LogP contribution >= 0.6 is 0 Å². The minimum Gasteiger partial charge on any atom is -0.361 e. The molecule has 13 heavy (non-hydrogen) atoms. The average Bonchev–Trinajstić information content (AvgIpc) is 2.64. The van der Waals surface area contributed by atoms with Crippen LogP contribution in [-0.4, -0.2) is 4.98 Å². The molecular formula is C10H5N3. The Labute approximate surface area is 75.0 Å². The van der Waals surface area contributed by atoms with Crippen molar-refractivity contribution < 1.29 is 0 Å². The monoisotopic (exact) mass is 167 g/mol. The first-order valence-electron chi connectivity index (χ1n) is 3.74. The molecule has 2 aromatic rings. The van der Waals surface area contributed by atoms with Crippen molar-refractivity contribution in [2.75, 3.05) is 0 Å². The van der Waals surface area contributed by atoms with Crippen LogP contribution in [0, 0.1) is 17.9 Å². The van der Waals surface area contributed by atoms with Crippen LogP contribution in [0.1, 0.15) is 5.56 Å². The highest BCUT2D eigenvalue weighted by molar-refractivity contribution is 5.95. The maximum atomic E-state index is 8.77. The zero-order valence-electron chi connectivity index (χ0n) is 6.70. The summed E-state index contributed by atoms with van der Waals surface area (Å²) in [7, 11) is 0. The minimum atomic E-state index is 0.576. The molecule has 0 atom stereocenters. The molecule has 0 aliphatic heterocycles. The second kappa shape index (κ2) is 2.66. The molecule has 3 heteroatoms. The number of H-pyrrole nitrogens is 1. The summed E-state index contributed by atoms with van der Waals surface area (Å²) in [6, 6.07) is 7.21. The van der Waals surface area contributed by atoms with Crippen LogP contribution in [0.3, 0.4) is 0 Å². The van der Waals surface area contributed by atoms with E-state index in [0.717, 1.165) is 10.9 Å². The largest absolute Gasteiger partial charge is 0.361 e. The molecule has 0 aliphatic rings. The molecule has 0 unspecified atom stereocenters. The second-order valence-electron chi connectivity index (χ2n) is 2.62. The number of rotatable bonds is 0. The maximum absolute atomic E-state index is 8.77. The standard InChI is InChI=1S/C10H5N3/c1-12-9-3-2-7(6-11)10-8(9)4-5-13-10/h2-5,13H. The Morgan fingerprint density at radius 1 is 1.38 bits per heavy atom. The Morgan fingerprint density at radius 3 is 2.92 bits per heavy atom. The summed E-state index contributed by atoms with van der Waals surface area (Å²) in [5, 5.41) is 9.58. The Bertz CT molecular complexity index is 489. The van der Waals surface area contributed by atoms with Crippen molar-refractivity contribution in [3.05, 3.63) is 41.4 Å². The van der Waals surface area contributed by atoms with E-state index in [-0.39, 0.29) is 0 Å². The number of fused-ring (bicyclic) bond motifs is 1. The molecule has 2 rings (SSSR count). The van der Waals surface area contributed by atoms with Crippen LogP contribution < -0.4 is 0 Å². The Balaban J connectivity index is 2.93. The topological polar surface area (TPSA) is 43.9 Å². The number of benzene rings is 1. The molecule has 3 nitrogen and oxygen atoms in total. The summed E-state index contributed by atoms with van der Waals surface area (Å²) in [4.78, 5) is 6.31. The van der Waals surface area contributed by atoms with Gasteiger partial charge in [-0.15, -0.1) is 0 Å². The lowest BCUT2D eigenvalue weighted by atomic mass is 10.1. The number of aromatic amines is 1. The molecule has 0 radical (unpaired) electrons. The van der Waals surface area contributed by atoms with E-state index in [1.807, 2.05) is 6.07 Å². The Kier molecular flexibility index (Phi) is 1.51. The van der Waals surface area contributed by atoms with Gasteiger partial charge < -0.3 is 4.98 Å². The third-order valence-electron chi connectivity index (χ3n) is 1.94. The van der Waals surface area contributed by atoms with Crippen molar-refractivity contribution in [2.45, 2.75) is 0 Å². The van der Waals surface area contributed by atoms with Gasteiger partial charge in [0.05, 0.1) is 17.7 Å². The van der Waals surface area contributed by atoms with Gasteiger partial charge in [-0.05, 0) is 6.07 Å². The summed E-state index contributed by atoms with van der Waals surface area (Å²) in [5.74, 6) is 0. The maximum Gasteiger partial charge on any atom is 0.196 e. The third kappa shape index (κ3) is 0.953. The average molecular weight is 167 g/mol. The summed E-state index contributed by atoms with van der Waals surface area (Å²) in [5.41, 5.74) is 1.90. The zero-order chi connectivity index (χ0) is 9.26. The number of hydrogen-bond acceptors (Lipinski definition) is 1. The zero-order valence-corrected chi connectivity index (χ0v) is 6.70. The van der Waals surface area contributed by atoms with E-state index >= 15 is 0 Å². The van der Waals surface area contributed by atoms with Crippen LogP contribution in [0.5, 0.6) is 0 Å². The highest BCUT2D eigenvalue weighted by Gasteiger charge is 2.05. The normalized spacial score (nSPS) is 9.38. The number of aromatic nitrogens is 1. The first-order chi connectivity index (χ1) is 6.36. The van der Waals surface area contributed by atoms with Crippen molar-refractivity contribution in [1.29, 1.82) is 5.26 Å². The number of nitriles is 1. The molecule has 0 saturated heterocycles. The van der Waals surface area contributed by atoms with Gasteiger partial charge in [-0.25, -0.2) is 4.85 Å². The van der Waals surface area contributed by atoms with Gasteiger partial charge >= 0.3 is 0 Å². The quantitative estimate of drug-likeness (QED) is 0.602. The van der Waals surface area contributed by atoms with E-state index in [1.165, 1.54) is 0 Å². The van der Waals surface area contributed by atoms with Gasteiger partial charge in [0.1, 0.15) is 6.07 Å². The Hall–Kier alpha value is -2.26. The van der Waals surface area contributed by atoms with Crippen molar-refractivity contribution in [3.63, 3.8) is 0 Å². The fraction of sp³-hybridized carbons (Fsp3) is 0. The summed E-state index contributed by atoms with van der Waals surface area (Å²) in [6.07, 6.45) is 1.74. The van der Waals surface area contributed by atoms with Crippen molar-refractivity contribution in [2.24, 2.45) is 0 Å². The van der Waals surface area contributed by atoms with Crippen molar-refractivity contribution in [3.8, 4) is 6.07 Å². The fourth-order valence-corrected chi connectivity index (χ4v) is 1.33. The van der Waals surface area contributed by atoms with Crippen LogP contribution in [0.25, 0.3) is 15.7 Å². The molecule has 1 aromatic carbocycles. The number of hydrogen-bond donors (Lipinski definition) is 1. The molecule has 0 bridgehead atoms. The predicted molar refractivity (Wildman–Crippen MR) is 49.3 cm³/mol. The molecule has 0 fully saturated rings. The van der Waals surface area contributed by atoms with Crippen LogP contribution in [0.15, 0.2) is 24.4 Å². The highest BCUT2D eigenvalue weighted by atomic mass is 14.7. The molecule has 0 aliphatic carbocycles. The van der Waals surface area contributed by atoms with Gasteiger partial charge in [0.2, 0.25) is 0 Å². The van der Waals surface area contributed by atoms with E-state index in [1.54, 1.807) is 18.3 Å². The number of nitrogens with zero attached hydrogens (tertiary/aromatic N) is 2. The molecule has 0 saturated carbocycles. The molecule has 60 valence electrons. The molecule has 0 spiro atoms. The van der Waals surface area contributed by atoms with Gasteiger partial charge in [-0.2, -0.15) is 5.26 Å². The van der Waals surface area contributed by atoms with Crippen molar-refractivity contribution >= 4 is 16.6 Å². The molecule has 1 aromatic heterocycles. The fourth-order valence-electron chi connectivity index (χ4n) is 1.33. The smallest absolute Gasteiger partial charge is 0.196 e. The second-order valence-corrected chi connectivity index (χ2v) is 2.62. The molecule has 1 heterocycles.